The summed E-state index contributed by atoms with van der Waals surface area (Å²) in [7, 11) is 0. The zero-order chi connectivity index (χ0) is 22.9. The number of nitrogens with one attached hydrogen (secondary N) is 4. The van der Waals surface area contributed by atoms with Crippen LogP contribution in [-0.4, -0.2) is 60.5 Å². The molecule has 1 unspecified atom stereocenters. The number of Topliss-reactive ketones (excluding diaryl/α,β-unsaturated/α-hetero) is 1. The molecular weight excluding hydrogens is 458 g/mol. The van der Waals surface area contributed by atoms with Gasteiger partial charge in [-0.25, -0.2) is 4.79 Å². The molecule has 170 valence electrons. The standard InChI is InChI=1S/C19H32BrN5O5/c1-13(11-20)18(29)22-9-5-3-4-8-16(27)24-12-17(28)25-15(14(2)26)7-6-10-23-19(21)30/h15H,1,3-12H2,2H3,(H,22,29)(H,24,27)(H,25,28)(H3,21,23,30). The Bertz CT molecular complexity index is 626. The first-order chi connectivity index (χ1) is 14.2. The molecule has 0 aromatic carbocycles. The minimum absolute atomic E-state index is 0.191. The summed E-state index contributed by atoms with van der Waals surface area (Å²) < 4.78 is 0. The summed E-state index contributed by atoms with van der Waals surface area (Å²) in [6, 6.07) is -1.33. The van der Waals surface area contributed by atoms with Gasteiger partial charge in [0.1, 0.15) is 0 Å². The molecule has 0 aliphatic carbocycles. The Hall–Kier alpha value is -2.43. The summed E-state index contributed by atoms with van der Waals surface area (Å²) in [5, 5.41) is 10.7. The maximum atomic E-state index is 11.9. The lowest BCUT2D eigenvalue weighted by atomic mass is 10.1. The third-order valence-electron chi connectivity index (χ3n) is 4.09. The lowest BCUT2D eigenvalue weighted by Gasteiger charge is -2.16. The molecule has 0 saturated carbocycles. The topological polar surface area (TPSA) is 159 Å². The van der Waals surface area contributed by atoms with Gasteiger partial charge in [-0.05, 0) is 32.6 Å². The number of halogens is 1. The zero-order valence-corrected chi connectivity index (χ0v) is 18.9. The average molecular weight is 490 g/mol. The number of unbranched alkanes of at least 4 members (excludes halogenated alkanes) is 2. The van der Waals surface area contributed by atoms with Gasteiger partial charge in [0.15, 0.2) is 5.78 Å². The smallest absolute Gasteiger partial charge is 0.312 e. The van der Waals surface area contributed by atoms with Crippen LogP contribution in [0.3, 0.4) is 0 Å². The molecule has 10 nitrogen and oxygen atoms in total. The van der Waals surface area contributed by atoms with E-state index in [1.54, 1.807) is 0 Å². The summed E-state index contributed by atoms with van der Waals surface area (Å²) in [5.41, 5.74) is 5.42. The number of amides is 5. The van der Waals surface area contributed by atoms with Crippen LogP contribution in [0.1, 0.15) is 45.4 Å². The first-order valence-electron chi connectivity index (χ1n) is 9.79. The van der Waals surface area contributed by atoms with E-state index in [0.29, 0.717) is 43.3 Å². The van der Waals surface area contributed by atoms with E-state index in [1.165, 1.54) is 6.92 Å². The molecule has 0 aliphatic heterocycles. The number of urea groups is 1. The lowest BCUT2D eigenvalue weighted by molar-refractivity contribution is -0.128. The molecule has 0 fully saturated rings. The van der Waals surface area contributed by atoms with E-state index in [2.05, 4.69) is 43.8 Å². The molecule has 30 heavy (non-hydrogen) atoms. The highest BCUT2D eigenvalue weighted by molar-refractivity contribution is 9.09. The normalized spacial score (nSPS) is 11.1. The molecule has 0 aliphatic rings. The fourth-order valence-corrected chi connectivity index (χ4v) is 2.64. The van der Waals surface area contributed by atoms with Crippen molar-refractivity contribution in [2.45, 2.75) is 51.5 Å². The van der Waals surface area contributed by atoms with Gasteiger partial charge in [-0.2, -0.15) is 0 Å². The van der Waals surface area contributed by atoms with E-state index in [1.807, 2.05) is 0 Å². The van der Waals surface area contributed by atoms with Crippen LogP contribution in [0.15, 0.2) is 12.2 Å². The summed E-state index contributed by atoms with van der Waals surface area (Å²) in [6.07, 6.45) is 3.22. The Morgan fingerprint density at radius 1 is 0.933 bits per heavy atom. The number of primary amides is 1. The van der Waals surface area contributed by atoms with Crippen molar-refractivity contribution >= 4 is 45.5 Å². The lowest BCUT2D eigenvalue weighted by Crippen LogP contribution is -2.45. The van der Waals surface area contributed by atoms with Gasteiger partial charge in [0, 0.05) is 30.4 Å². The maximum Gasteiger partial charge on any atom is 0.312 e. The molecule has 0 spiro atoms. The Morgan fingerprint density at radius 3 is 2.20 bits per heavy atom. The number of rotatable bonds is 16. The van der Waals surface area contributed by atoms with Crippen LogP contribution < -0.4 is 27.0 Å². The minimum Gasteiger partial charge on any atom is -0.352 e. The molecule has 11 heteroatoms. The van der Waals surface area contributed by atoms with Crippen LogP contribution in [-0.2, 0) is 19.2 Å². The second-order valence-electron chi connectivity index (χ2n) is 6.74. The number of carbonyl (C=O) groups is 5. The summed E-state index contributed by atoms with van der Waals surface area (Å²) in [6.45, 7) is 5.58. The van der Waals surface area contributed by atoms with E-state index in [-0.39, 0.29) is 30.6 Å². The highest BCUT2D eigenvalue weighted by Gasteiger charge is 2.17. The molecule has 0 saturated heterocycles. The first kappa shape index (κ1) is 27.6. The van der Waals surface area contributed by atoms with Crippen molar-refractivity contribution in [1.29, 1.82) is 0 Å². The third kappa shape index (κ3) is 14.6. The zero-order valence-electron chi connectivity index (χ0n) is 17.4. The predicted octanol–water partition coefficient (Wildman–Crippen LogP) is 0.253. The fraction of sp³-hybridized carbons (Fsp3) is 0.632. The van der Waals surface area contributed by atoms with Crippen molar-refractivity contribution < 1.29 is 24.0 Å². The molecule has 0 heterocycles. The largest absolute Gasteiger partial charge is 0.352 e. The third-order valence-corrected chi connectivity index (χ3v) is 4.77. The minimum atomic E-state index is -0.681. The first-order valence-corrected chi connectivity index (χ1v) is 10.9. The van der Waals surface area contributed by atoms with Crippen LogP contribution >= 0.6 is 15.9 Å². The van der Waals surface area contributed by atoms with E-state index >= 15 is 0 Å². The quantitative estimate of drug-likeness (QED) is 0.119. The van der Waals surface area contributed by atoms with E-state index in [4.69, 9.17) is 5.73 Å². The molecule has 0 bridgehead atoms. The van der Waals surface area contributed by atoms with Crippen molar-refractivity contribution in [2.75, 3.05) is 25.0 Å². The van der Waals surface area contributed by atoms with Crippen molar-refractivity contribution in [2.24, 2.45) is 5.73 Å². The number of alkyl halides is 1. The molecule has 0 radical (unpaired) electrons. The van der Waals surface area contributed by atoms with E-state index < -0.39 is 18.0 Å². The fourth-order valence-electron chi connectivity index (χ4n) is 2.38. The van der Waals surface area contributed by atoms with Gasteiger partial charge in [-0.1, -0.05) is 28.9 Å². The Morgan fingerprint density at radius 2 is 1.60 bits per heavy atom. The van der Waals surface area contributed by atoms with Crippen molar-refractivity contribution in [1.82, 2.24) is 21.3 Å². The van der Waals surface area contributed by atoms with E-state index in [9.17, 15) is 24.0 Å². The van der Waals surface area contributed by atoms with Crippen LogP contribution in [0, 0.1) is 0 Å². The molecule has 0 aromatic rings. The summed E-state index contributed by atoms with van der Waals surface area (Å²) >= 11 is 3.16. The molecule has 6 N–H and O–H groups in total. The second kappa shape index (κ2) is 16.4. The summed E-state index contributed by atoms with van der Waals surface area (Å²) in [4.78, 5) is 57.5. The molecule has 1 atom stereocenters. The van der Waals surface area contributed by atoms with Crippen LogP contribution in [0.25, 0.3) is 0 Å². The van der Waals surface area contributed by atoms with Gasteiger partial charge in [0.25, 0.3) is 0 Å². The van der Waals surface area contributed by atoms with Crippen LogP contribution in [0.2, 0.25) is 0 Å². The number of hydrogen-bond donors (Lipinski definition) is 5. The van der Waals surface area contributed by atoms with Crippen LogP contribution in [0.4, 0.5) is 4.79 Å². The van der Waals surface area contributed by atoms with Gasteiger partial charge in [0.2, 0.25) is 17.7 Å². The van der Waals surface area contributed by atoms with E-state index in [0.717, 1.165) is 12.8 Å². The average Bonchev–Trinajstić information content (AvgIpc) is 2.69. The Labute approximate surface area is 185 Å². The summed E-state index contributed by atoms with van der Waals surface area (Å²) in [5.74, 6) is -1.11. The monoisotopic (exact) mass is 489 g/mol. The Balaban J connectivity index is 3.93. The highest BCUT2D eigenvalue weighted by atomic mass is 79.9. The van der Waals surface area contributed by atoms with Gasteiger partial charge in [-0.3, -0.25) is 19.2 Å². The molecule has 0 rings (SSSR count). The number of hydrogen-bond acceptors (Lipinski definition) is 5. The molecular formula is C19H32BrN5O5. The second-order valence-corrected chi connectivity index (χ2v) is 7.31. The van der Waals surface area contributed by atoms with Crippen LogP contribution in [0.5, 0.6) is 0 Å². The van der Waals surface area contributed by atoms with Gasteiger partial charge < -0.3 is 27.0 Å². The van der Waals surface area contributed by atoms with Gasteiger partial charge in [0.05, 0.1) is 12.6 Å². The van der Waals surface area contributed by atoms with Crippen molar-refractivity contribution in [3.63, 3.8) is 0 Å². The Kier molecular flexibility index (Phi) is 15.0. The number of carbonyl (C=O) groups excluding carboxylic acids is 5. The number of nitrogens with two attached hydrogens (primary N) is 1. The highest BCUT2D eigenvalue weighted by Crippen LogP contribution is 2.01. The molecule has 0 aromatic heterocycles. The molecule has 5 amide bonds. The van der Waals surface area contributed by atoms with Gasteiger partial charge in [-0.15, -0.1) is 0 Å². The van der Waals surface area contributed by atoms with Crippen molar-refractivity contribution in [3.05, 3.63) is 12.2 Å². The number of ketones is 1. The van der Waals surface area contributed by atoms with Crippen molar-refractivity contribution in [3.8, 4) is 0 Å². The predicted molar refractivity (Wildman–Crippen MR) is 117 cm³/mol. The maximum absolute atomic E-state index is 11.9. The van der Waals surface area contributed by atoms with Gasteiger partial charge >= 0.3 is 6.03 Å². The SMILES string of the molecule is C=C(CBr)C(=O)NCCCCCC(=O)NCC(=O)NC(CCCNC(N)=O)C(C)=O.